The molecule has 0 atom stereocenters. The van der Waals surface area contributed by atoms with Crippen LogP contribution in [0.15, 0.2) is 52.2 Å². The lowest BCUT2D eigenvalue weighted by Gasteiger charge is -2.15. The monoisotopic (exact) mass is 418 g/mol. The zero-order valence-corrected chi connectivity index (χ0v) is 16.7. The van der Waals surface area contributed by atoms with Gasteiger partial charge in [-0.2, -0.15) is 0 Å². The molecule has 0 fully saturated rings. The van der Waals surface area contributed by atoms with E-state index in [1.165, 1.54) is 23.1 Å². The highest BCUT2D eigenvalue weighted by molar-refractivity contribution is 7.99. The van der Waals surface area contributed by atoms with Gasteiger partial charge in [0.05, 0.1) is 22.2 Å². The number of thiophene rings is 1. The van der Waals surface area contributed by atoms with Gasteiger partial charge in [0.15, 0.2) is 0 Å². The molecule has 27 heavy (non-hydrogen) atoms. The van der Waals surface area contributed by atoms with E-state index in [0.717, 1.165) is 25.7 Å². The first-order valence-corrected chi connectivity index (χ1v) is 10.3. The number of H-pyrrole nitrogens is 1. The van der Waals surface area contributed by atoms with Gasteiger partial charge in [-0.25, -0.2) is 0 Å². The molecule has 0 saturated carbocycles. The summed E-state index contributed by atoms with van der Waals surface area (Å²) >= 11 is 8.63. The molecule has 0 bridgehead atoms. The van der Waals surface area contributed by atoms with Gasteiger partial charge < -0.3 is 14.3 Å². The van der Waals surface area contributed by atoms with Crippen molar-refractivity contribution < 1.29 is 9.21 Å². The smallest absolute Gasteiger partial charge is 0.277 e. The van der Waals surface area contributed by atoms with E-state index in [-0.39, 0.29) is 11.7 Å². The molecule has 1 N–H and O–H groups in total. The van der Waals surface area contributed by atoms with Crippen molar-refractivity contribution in [3.05, 3.63) is 51.8 Å². The predicted octanol–water partition coefficient (Wildman–Crippen LogP) is 4.68. The van der Waals surface area contributed by atoms with Gasteiger partial charge in [-0.05, 0) is 18.2 Å². The van der Waals surface area contributed by atoms with E-state index >= 15 is 0 Å². The third-order valence-corrected chi connectivity index (χ3v) is 6.01. The van der Waals surface area contributed by atoms with Crippen LogP contribution in [0.2, 0.25) is 4.34 Å². The van der Waals surface area contributed by atoms with Gasteiger partial charge in [-0.3, -0.25) is 4.79 Å². The van der Waals surface area contributed by atoms with E-state index < -0.39 is 0 Å². The van der Waals surface area contributed by atoms with Gasteiger partial charge in [0.1, 0.15) is 0 Å². The fourth-order valence-electron chi connectivity index (χ4n) is 2.62. The number of benzene rings is 1. The number of amides is 1. The number of hydrogen-bond acceptors (Lipinski definition) is 6. The number of carbonyl (C=O) groups is 1. The average Bonchev–Trinajstić information content (AvgIpc) is 3.39. The van der Waals surface area contributed by atoms with Crippen LogP contribution in [0.25, 0.3) is 22.4 Å². The van der Waals surface area contributed by atoms with Crippen molar-refractivity contribution in [2.45, 2.75) is 11.8 Å². The fraction of sp³-hybridized carbons (Fsp3) is 0.167. The van der Waals surface area contributed by atoms with Crippen molar-refractivity contribution in [1.82, 2.24) is 20.1 Å². The van der Waals surface area contributed by atoms with Gasteiger partial charge in [0, 0.05) is 29.0 Å². The zero-order chi connectivity index (χ0) is 18.8. The summed E-state index contributed by atoms with van der Waals surface area (Å²) in [5, 5.41) is 9.54. The third kappa shape index (κ3) is 4.02. The number of carbonyl (C=O) groups excluding carboxylic acids is 1. The number of halogens is 1. The molecule has 0 spiro atoms. The first kappa shape index (κ1) is 18.1. The normalized spacial score (nSPS) is 11.2. The maximum Gasteiger partial charge on any atom is 0.277 e. The maximum absolute atomic E-state index is 12.3. The van der Waals surface area contributed by atoms with Crippen LogP contribution >= 0.6 is 34.7 Å². The maximum atomic E-state index is 12.3. The van der Waals surface area contributed by atoms with Crippen LogP contribution in [0.5, 0.6) is 0 Å². The second kappa shape index (κ2) is 7.75. The van der Waals surface area contributed by atoms with E-state index in [2.05, 4.69) is 15.2 Å². The van der Waals surface area contributed by atoms with E-state index in [0.29, 0.717) is 17.7 Å². The van der Waals surface area contributed by atoms with E-state index in [1.807, 2.05) is 42.6 Å². The number of aromatic amines is 1. The van der Waals surface area contributed by atoms with E-state index in [1.54, 1.807) is 11.9 Å². The van der Waals surface area contributed by atoms with Crippen LogP contribution in [0.1, 0.15) is 4.88 Å². The predicted molar refractivity (Wildman–Crippen MR) is 108 cm³/mol. The Balaban J connectivity index is 1.38. The minimum Gasteiger partial charge on any atom is -0.411 e. The molecule has 1 amide bonds. The molecule has 0 aliphatic heterocycles. The number of thioether (sulfide) groups is 1. The lowest BCUT2D eigenvalue weighted by atomic mass is 10.2. The molecule has 1 aromatic carbocycles. The molecule has 4 aromatic rings. The highest BCUT2D eigenvalue weighted by Crippen LogP contribution is 2.29. The van der Waals surface area contributed by atoms with Crippen LogP contribution in [-0.4, -0.2) is 38.8 Å². The summed E-state index contributed by atoms with van der Waals surface area (Å²) in [6.07, 6.45) is 1.84. The summed E-state index contributed by atoms with van der Waals surface area (Å²) in [5.41, 5.74) is 1.85. The van der Waals surface area contributed by atoms with Crippen molar-refractivity contribution >= 4 is 51.5 Å². The average molecular weight is 419 g/mol. The minimum absolute atomic E-state index is 0.0173. The molecule has 0 aliphatic carbocycles. The molecule has 4 rings (SSSR count). The Kier molecular flexibility index (Phi) is 5.20. The van der Waals surface area contributed by atoms with Crippen LogP contribution in [0.4, 0.5) is 0 Å². The standard InChI is InChI=1S/C18H15ClN4O2S2/c1-23(9-11-6-7-15(19)27-11)16(24)10-26-18-22-21-17(25-18)13-8-20-14-5-3-2-4-12(13)14/h2-8,20H,9-10H2,1H3. The quantitative estimate of drug-likeness (QED) is 0.460. The Labute approximate surface area is 168 Å². The lowest BCUT2D eigenvalue weighted by molar-refractivity contribution is -0.127. The number of fused-ring (bicyclic) bond motifs is 1. The number of nitrogens with one attached hydrogen (secondary N) is 1. The number of hydrogen-bond donors (Lipinski definition) is 1. The molecule has 138 valence electrons. The molecule has 3 aromatic heterocycles. The minimum atomic E-state index is -0.0173. The van der Waals surface area contributed by atoms with Crippen LogP contribution < -0.4 is 0 Å². The molecular weight excluding hydrogens is 404 g/mol. The summed E-state index contributed by atoms with van der Waals surface area (Å²) in [5.74, 6) is 0.644. The van der Waals surface area contributed by atoms with Crippen molar-refractivity contribution in [2.24, 2.45) is 0 Å². The molecule has 0 aliphatic rings. The van der Waals surface area contributed by atoms with Crippen molar-refractivity contribution in [2.75, 3.05) is 12.8 Å². The second-order valence-corrected chi connectivity index (χ2v) is 8.59. The van der Waals surface area contributed by atoms with Crippen molar-refractivity contribution in [3.8, 4) is 11.5 Å². The fourth-order valence-corrected chi connectivity index (χ4v) is 4.46. The van der Waals surface area contributed by atoms with Crippen molar-refractivity contribution in [1.29, 1.82) is 0 Å². The topological polar surface area (TPSA) is 75.0 Å². The summed E-state index contributed by atoms with van der Waals surface area (Å²) < 4.78 is 6.44. The summed E-state index contributed by atoms with van der Waals surface area (Å²) in [4.78, 5) is 18.2. The van der Waals surface area contributed by atoms with Gasteiger partial charge in [-0.15, -0.1) is 21.5 Å². The Morgan fingerprint density at radius 2 is 2.15 bits per heavy atom. The number of aromatic nitrogens is 3. The second-order valence-electron chi connectivity index (χ2n) is 5.87. The molecule has 0 radical (unpaired) electrons. The first-order valence-electron chi connectivity index (χ1n) is 8.11. The van der Waals surface area contributed by atoms with Crippen LogP contribution in [0.3, 0.4) is 0 Å². The first-order chi connectivity index (χ1) is 13.1. The molecule has 6 nitrogen and oxygen atoms in total. The van der Waals surface area contributed by atoms with Crippen molar-refractivity contribution in [3.63, 3.8) is 0 Å². The van der Waals surface area contributed by atoms with Gasteiger partial charge in [-0.1, -0.05) is 41.6 Å². The Hall–Kier alpha value is -2.29. The number of rotatable bonds is 6. The molecule has 0 saturated heterocycles. The number of para-hydroxylation sites is 1. The zero-order valence-electron chi connectivity index (χ0n) is 14.3. The van der Waals surface area contributed by atoms with Crippen LogP contribution in [-0.2, 0) is 11.3 Å². The Morgan fingerprint density at radius 1 is 1.30 bits per heavy atom. The Bertz CT molecular complexity index is 1090. The largest absolute Gasteiger partial charge is 0.411 e. The van der Waals surface area contributed by atoms with E-state index in [4.69, 9.17) is 16.0 Å². The summed E-state index contributed by atoms with van der Waals surface area (Å²) in [7, 11) is 1.77. The Morgan fingerprint density at radius 3 is 2.96 bits per heavy atom. The lowest BCUT2D eigenvalue weighted by Crippen LogP contribution is -2.27. The van der Waals surface area contributed by atoms with Crippen LogP contribution in [0, 0.1) is 0 Å². The van der Waals surface area contributed by atoms with E-state index in [9.17, 15) is 4.79 Å². The summed E-state index contributed by atoms with van der Waals surface area (Å²) in [6, 6.07) is 11.7. The van der Waals surface area contributed by atoms with Gasteiger partial charge in [0.2, 0.25) is 5.91 Å². The highest BCUT2D eigenvalue weighted by Gasteiger charge is 2.16. The SMILES string of the molecule is CN(Cc1ccc(Cl)s1)C(=O)CSc1nnc(-c2c[nH]c3ccccc23)o1. The highest BCUT2D eigenvalue weighted by atomic mass is 35.5. The summed E-state index contributed by atoms with van der Waals surface area (Å²) in [6.45, 7) is 0.529. The molecule has 3 heterocycles. The molecular formula is C18H15ClN4O2S2. The molecule has 9 heteroatoms. The van der Waals surface area contributed by atoms with Gasteiger partial charge in [0.25, 0.3) is 11.1 Å². The molecule has 0 unspecified atom stereocenters. The third-order valence-electron chi connectivity index (χ3n) is 3.99. The van der Waals surface area contributed by atoms with Gasteiger partial charge >= 0.3 is 0 Å². The number of nitrogens with zero attached hydrogens (tertiary/aromatic N) is 3.